The first-order valence-corrected chi connectivity index (χ1v) is 10.7. The lowest BCUT2D eigenvalue weighted by molar-refractivity contribution is -0.129. The molecule has 1 saturated carbocycles. The third-order valence-electron chi connectivity index (χ3n) is 5.44. The molecule has 0 unspecified atom stereocenters. The Balaban J connectivity index is 1.48. The lowest BCUT2D eigenvalue weighted by atomic mass is 10.0. The Kier molecular flexibility index (Phi) is 5.48. The zero-order valence-electron chi connectivity index (χ0n) is 16.6. The molecule has 1 atom stereocenters. The van der Waals surface area contributed by atoms with Crippen molar-refractivity contribution in [1.82, 2.24) is 19.7 Å². The zero-order valence-corrected chi connectivity index (χ0v) is 17.4. The van der Waals surface area contributed by atoms with Gasteiger partial charge in [0.15, 0.2) is 5.16 Å². The van der Waals surface area contributed by atoms with Gasteiger partial charge in [0, 0.05) is 18.2 Å². The summed E-state index contributed by atoms with van der Waals surface area (Å²) in [7, 11) is 3.31. The lowest BCUT2D eigenvalue weighted by Crippen LogP contribution is -2.32. The van der Waals surface area contributed by atoms with Crippen LogP contribution in [0.2, 0.25) is 0 Å². The van der Waals surface area contributed by atoms with Crippen LogP contribution in [0.15, 0.2) is 23.4 Å². The number of carbonyl (C=O) groups excluding carboxylic acids is 1. The van der Waals surface area contributed by atoms with Crippen LogP contribution in [0.4, 0.5) is 0 Å². The molecule has 4 rings (SSSR count). The molecule has 0 N–H and O–H groups in total. The van der Waals surface area contributed by atoms with Crippen molar-refractivity contribution in [3.05, 3.63) is 29.6 Å². The molecule has 1 saturated heterocycles. The highest BCUT2D eigenvalue weighted by molar-refractivity contribution is 7.99. The van der Waals surface area contributed by atoms with Crippen LogP contribution >= 0.6 is 11.8 Å². The van der Waals surface area contributed by atoms with Gasteiger partial charge in [0.1, 0.15) is 17.3 Å². The molecule has 0 bridgehead atoms. The van der Waals surface area contributed by atoms with Crippen molar-refractivity contribution in [3.8, 4) is 11.5 Å². The second-order valence-electron chi connectivity index (χ2n) is 7.27. The second kappa shape index (κ2) is 8.03. The summed E-state index contributed by atoms with van der Waals surface area (Å²) in [6, 6.07) is 6.29. The summed E-state index contributed by atoms with van der Waals surface area (Å²) in [5.41, 5.74) is 1.01. The Morgan fingerprint density at radius 2 is 2.04 bits per heavy atom. The highest BCUT2D eigenvalue weighted by atomic mass is 32.2. The van der Waals surface area contributed by atoms with Crippen LogP contribution in [0.5, 0.6) is 11.5 Å². The van der Waals surface area contributed by atoms with Gasteiger partial charge in [0.2, 0.25) is 5.91 Å². The number of amides is 1. The Hall–Kier alpha value is -2.22. The fraction of sp³-hybridized carbons (Fsp3) is 0.550. The number of benzene rings is 1. The summed E-state index contributed by atoms with van der Waals surface area (Å²) in [6.07, 6.45) is 4.25. The van der Waals surface area contributed by atoms with Crippen molar-refractivity contribution in [2.75, 3.05) is 26.5 Å². The summed E-state index contributed by atoms with van der Waals surface area (Å²) < 4.78 is 13.1. The molecule has 2 fully saturated rings. The first-order valence-electron chi connectivity index (χ1n) is 9.68. The van der Waals surface area contributed by atoms with Gasteiger partial charge in [-0.1, -0.05) is 11.8 Å². The van der Waals surface area contributed by atoms with Gasteiger partial charge >= 0.3 is 0 Å². The van der Waals surface area contributed by atoms with E-state index in [0.717, 1.165) is 47.4 Å². The maximum atomic E-state index is 13.0. The number of carbonyl (C=O) groups is 1. The van der Waals surface area contributed by atoms with E-state index in [9.17, 15) is 4.79 Å². The van der Waals surface area contributed by atoms with Gasteiger partial charge in [-0.2, -0.15) is 0 Å². The predicted octanol–water partition coefficient (Wildman–Crippen LogP) is 3.39. The van der Waals surface area contributed by atoms with E-state index in [1.54, 1.807) is 14.2 Å². The average molecular weight is 403 g/mol. The molecule has 0 spiro atoms. The van der Waals surface area contributed by atoms with E-state index in [-0.39, 0.29) is 11.9 Å². The normalized spacial score (nSPS) is 19.1. The zero-order chi connectivity index (χ0) is 19.7. The smallest absolute Gasteiger partial charge is 0.233 e. The number of hydrogen-bond donors (Lipinski definition) is 0. The van der Waals surface area contributed by atoms with Crippen LogP contribution in [0.25, 0.3) is 0 Å². The summed E-state index contributed by atoms with van der Waals surface area (Å²) in [5, 5.41) is 9.32. The fourth-order valence-corrected chi connectivity index (χ4v) is 4.84. The summed E-state index contributed by atoms with van der Waals surface area (Å²) >= 11 is 1.49. The van der Waals surface area contributed by atoms with Crippen molar-refractivity contribution < 1.29 is 14.3 Å². The highest BCUT2D eigenvalue weighted by Crippen LogP contribution is 2.40. The van der Waals surface area contributed by atoms with Crippen LogP contribution < -0.4 is 9.47 Å². The first-order chi connectivity index (χ1) is 13.6. The number of methoxy groups -OCH3 is 2. The van der Waals surface area contributed by atoms with E-state index < -0.39 is 0 Å². The Bertz CT molecular complexity index is 865. The van der Waals surface area contributed by atoms with Crippen LogP contribution in [-0.2, 0) is 4.79 Å². The van der Waals surface area contributed by atoms with Crippen molar-refractivity contribution in [1.29, 1.82) is 0 Å². The van der Waals surface area contributed by atoms with Gasteiger partial charge in [-0.3, -0.25) is 4.79 Å². The summed E-state index contributed by atoms with van der Waals surface area (Å²) in [5.74, 6) is 2.99. The van der Waals surface area contributed by atoms with E-state index in [1.165, 1.54) is 24.6 Å². The lowest BCUT2D eigenvalue weighted by Gasteiger charge is -2.26. The third kappa shape index (κ3) is 3.70. The molecule has 2 heterocycles. The number of thioether (sulfide) groups is 1. The van der Waals surface area contributed by atoms with Gasteiger partial charge in [0.05, 0.1) is 26.0 Å². The van der Waals surface area contributed by atoms with E-state index in [0.29, 0.717) is 11.8 Å². The molecule has 150 valence electrons. The number of hydrogen-bond acceptors (Lipinski definition) is 6. The second-order valence-corrected chi connectivity index (χ2v) is 8.22. The minimum absolute atomic E-state index is 0.0150. The molecule has 0 radical (unpaired) electrons. The molecule has 1 amide bonds. The number of aryl methyl sites for hydroxylation is 1. The monoisotopic (exact) mass is 402 g/mol. The topological polar surface area (TPSA) is 69.5 Å². The molecule has 28 heavy (non-hydrogen) atoms. The van der Waals surface area contributed by atoms with Crippen molar-refractivity contribution in [3.63, 3.8) is 0 Å². The van der Waals surface area contributed by atoms with Crippen LogP contribution in [0.3, 0.4) is 0 Å². The Labute approximate surface area is 169 Å². The van der Waals surface area contributed by atoms with E-state index in [4.69, 9.17) is 9.47 Å². The Morgan fingerprint density at radius 3 is 2.75 bits per heavy atom. The molecule has 1 aromatic heterocycles. The van der Waals surface area contributed by atoms with Gasteiger partial charge < -0.3 is 18.9 Å². The molecule has 2 aromatic rings. The van der Waals surface area contributed by atoms with Gasteiger partial charge in [0.25, 0.3) is 0 Å². The van der Waals surface area contributed by atoms with Gasteiger partial charge in [-0.15, -0.1) is 10.2 Å². The maximum absolute atomic E-state index is 13.0. The molecule has 1 aromatic carbocycles. The van der Waals surface area contributed by atoms with E-state index >= 15 is 0 Å². The minimum Gasteiger partial charge on any atom is -0.497 e. The average Bonchev–Trinajstić information content (AvgIpc) is 3.30. The van der Waals surface area contributed by atoms with Crippen molar-refractivity contribution in [2.45, 2.75) is 49.8 Å². The Morgan fingerprint density at radius 1 is 1.21 bits per heavy atom. The number of likely N-dealkylation sites (tertiary alicyclic amines) is 1. The number of ether oxygens (including phenoxy) is 2. The first kappa shape index (κ1) is 19.1. The molecular formula is C20H26N4O3S. The number of nitrogens with zero attached hydrogens (tertiary/aromatic N) is 4. The maximum Gasteiger partial charge on any atom is 0.233 e. The van der Waals surface area contributed by atoms with Gasteiger partial charge in [-0.25, -0.2) is 0 Å². The molecule has 1 aliphatic heterocycles. The number of aromatic nitrogens is 3. The van der Waals surface area contributed by atoms with Crippen LogP contribution in [0, 0.1) is 6.92 Å². The summed E-state index contributed by atoms with van der Waals surface area (Å²) in [6.45, 7) is 2.74. The van der Waals surface area contributed by atoms with E-state index in [1.807, 2.05) is 30.0 Å². The molecule has 1 aliphatic carbocycles. The quantitative estimate of drug-likeness (QED) is 0.661. The fourth-order valence-electron chi connectivity index (χ4n) is 3.90. The summed E-state index contributed by atoms with van der Waals surface area (Å²) in [4.78, 5) is 15.0. The highest BCUT2D eigenvalue weighted by Gasteiger charge is 2.33. The molecular weight excluding hydrogens is 376 g/mol. The molecule has 7 nitrogen and oxygen atoms in total. The predicted molar refractivity (Wildman–Crippen MR) is 107 cm³/mol. The standard InChI is InChI=1S/C20H26N4O3S/c1-13-21-22-20(24(13)14-6-7-14)28-12-19(25)23-10-4-5-17(23)16-11-15(26-2)8-9-18(16)27-3/h8-9,11,14,17H,4-7,10,12H2,1-3H3/t17-/m0/s1. The number of rotatable bonds is 7. The van der Waals surface area contributed by atoms with E-state index in [2.05, 4.69) is 14.8 Å². The third-order valence-corrected chi connectivity index (χ3v) is 6.37. The largest absolute Gasteiger partial charge is 0.497 e. The molecule has 2 aliphatic rings. The molecule has 8 heteroatoms. The SMILES string of the molecule is COc1ccc(OC)c([C@@H]2CCCN2C(=O)CSc2nnc(C)n2C2CC2)c1. The van der Waals surface area contributed by atoms with Crippen molar-refractivity contribution >= 4 is 17.7 Å². The van der Waals surface area contributed by atoms with Crippen molar-refractivity contribution in [2.24, 2.45) is 0 Å². The van der Waals surface area contributed by atoms with Gasteiger partial charge in [-0.05, 0) is 50.8 Å². The minimum atomic E-state index is 0.0150. The van der Waals surface area contributed by atoms with Crippen LogP contribution in [-0.4, -0.2) is 52.1 Å². The van der Waals surface area contributed by atoms with Crippen LogP contribution in [0.1, 0.15) is 49.2 Å².